The monoisotopic (exact) mass is 402 g/mol. The third-order valence-electron chi connectivity index (χ3n) is 3.48. The second kappa shape index (κ2) is 9.26. The minimum absolute atomic E-state index is 0.180. The molecule has 2 aromatic carbocycles. The molecule has 1 amide bonds. The van der Waals surface area contributed by atoms with Gasteiger partial charge in [0.05, 0.1) is 10.7 Å². The Labute approximate surface area is 166 Å². The van der Waals surface area contributed by atoms with E-state index in [-0.39, 0.29) is 12.5 Å². The Morgan fingerprint density at radius 2 is 1.89 bits per heavy atom. The van der Waals surface area contributed by atoms with Gasteiger partial charge in [-0.1, -0.05) is 35.3 Å². The van der Waals surface area contributed by atoms with Crippen molar-refractivity contribution in [2.45, 2.75) is 6.61 Å². The SMILES string of the molecule is O=C(COc1ccc(Cl)cc1Cl)Nc1cccc(OCc2ccccn2)c1. The predicted octanol–water partition coefficient (Wildman–Crippen LogP) is 4.98. The van der Waals surface area contributed by atoms with Crippen molar-refractivity contribution in [1.29, 1.82) is 0 Å². The molecule has 0 aliphatic heterocycles. The van der Waals surface area contributed by atoms with Crippen molar-refractivity contribution in [2.24, 2.45) is 0 Å². The number of aromatic nitrogens is 1. The number of nitrogens with zero attached hydrogens (tertiary/aromatic N) is 1. The maximum Gasteiger partial charge on any atom is 0.262 e. The number of nitrogens with one attached hydrogen (secondary N) is 1. The Morgan fingerprint density at radius 3 is 2.67 bits per heavy atom. The van der Waals surface area contributed by atoms with Crippen molar-refractivity contribution < 1.29 is 14.3 Å². The fourth-order valence-electron chi connectivity index (χ4n) is 2.24. The van der Waals surface area contributed by atoms with E-state index in [2.05, 4.69) is 10.3 Å². The Balaban J connectivity index is 1.53. The van der Waals surface area contributed by atoms with Gasteiger partial charge in [0.15, 0.2) is 6.61 Å². The fraction of sp³-hybridized carbons (Fsp3) is 0.100. The van der Waals surface area contributed by atoms with Crippen LogP contribution in [0.15, 0.2) is 66.9 Å². The summed E-state index contributed by atoms with van der Waals surface area (Å²) in [4.78, 5) is 16.3. The molecule has 0 spiro atoms. The van der Waals surface area contributed by atoms with Crippen molar-refractivity contribution >= 4 is 34.8 Å². The van der Waals surface area contributed by atoms with Crippen molar-refractivity contribution in [3.63, 3.8) is 0 Å². The number of carbonyl (C=O) groups is 1. The van der Waals surface area contributed by atoms with Crippen LogP contribution in [-0.2, 0) is 11.4 Å². The van der Waals surface area contributed by atoms with Gasteiger partial charge in [0.1, 0.15) is 18.1 Å². The Kier molecular flexibility index (Phi) is 6.52. The summed E-state index contributed by atoms with van der Waals surface area (Å²) in [6.45, 7) is 0.163. The predicted molar refractivity (Wildman–Crippen MR) is 106 cm³/mol. The van der Waals surface area contributed by atoms with Crippen LogP contribution < -0.4 is 14.8 Å². The first-order chi connectivity index (χ1) is 13.1. The highest BCUT2D eigenvalue weighted by molar-refractivity contribution is 6.35. The van der Waals surface area contributed by atoms with Crippen LogP contribution in [-0.4, -0.2) is 17.5 Å². The van der Waals surface area contributed by atoms with Gasteiger partial charge >= 0.3 is 0 Å². The lowest BCUT2D eigenvalue weighted by molar-refractivity contribution is -0.118. The van der Waals surface area contributed by atoms with Gasteiger partial charge in [-0.15, -0.1) is 0 Å². The van der Waals surface area contributed by atoms with E-state index in [1.165, 1.54) is 0 Å². The maximum absolute atomic E-state index is 12.1. The van der Waals surface area contributed by atoms with Gasteiger partial charge < -0.3 is 14.8 Å². The van der Waals surface area contributed by atoms with Crippen LogP contribution in [0.25, 0.3) is 0 Å². The van der Waals surface area contributed by atoms with Gasteiger partial charge in [-0.05, 0) is 42.5 Å². The zero-order chi connectivity index (χ0) is 19.1. The van der Waals surface area contributed by atoms with Crippen LogP contribution in [0.4, 0.5) is 5.69 Å². The quantitative estimate of drug-likeness (QED) is 0.604. The van der Waals surface area contributed by atoms with Crippen molar-refractivity contribution in [3.8, 4) is 11.5 Å². The van der Waals surface area contributed by atoms with Gasteiger partial charge in [0.2, 0.25) is 0 Å². The van der Waals surface area contributed by atoms with Gasteiger partial charge in [-0.3, -0.25) is 9.78 Å². The van der Waals surface area contributed by atoms with Crippen LogP contribution in [0.5, 0.6) is 11.5 Å². The molecule has 1 N–H and O–H groups in total. The molecule has 0 aliphatic rings. The first kappa shape index (κ1) is 19.0. The summed E-state index contributed by atoms with van der Waals surface area (Å²) < 4.78 is 11.1. The standard InChI is InChI=1S/C20H16Cl2N2O3/c21-14-7-8-19(18(22)10-14)27-13-20(25)24-15-5-3-6-17(11-15)26-12-16-4-1-2-9-23-16/h1-11H,12-13H2,(H,24,25). The minimum atomic E-state index is -0.317. The molecule has 5 nitrogen and oxygen atoms in total. The van der Waals surface area contributed by atoms with Crippen molar-refractivity contribution in [3.05, 3.63) is 82.6 Å². The normalized spacial score (nSPS) is 10.3. The van der Waals surface area contributed by atoms with E-state index < -0.39 is 0 Å². The molecule has 138 valence electrons. The average molecular weight is 403 g/mol. The minimum Gasteiger partial charge on any atom is -0.487 e. The van der Waals surface area contributed by atoms with Crippen LogP contribution in [0.1, 0.15) is 5.69 Å². The highest BCUT2D eigenvalue weighted by Crippen LogP contribution is 2.27. The Bertz CT molecular complexity index is 920. The molecule has 7 heteroatoms. The second-order valence-corrected chi connectivity index (χ2v) is 6.39. The molecule has 0 aliphatic carbocycles. The van der Waals surface area contributed by atoms with E-state index in [9.17, 15) is 4.79 Å². The summed E-state index contributed by atoms with van der Waals surface area (Å²) in [5, 5.41) is 3.60. The van der Waals surface area contributed by atoms with E-state index in [0.717, 1.165) is 5.69 Å². The highest BCUT2D eigenvalue weighted by Gasteiger charge is 2.08. The molecule has 0 radical (unpaired) electrons. The molecule has 0 saturated carbocycles. The number of rotatable bonds is 7. The Hall–Kier alpha value is -2.76. The molecular weight excluding hydrogens is 387 g/mol. The molecule has 0 fully saturated rings. The number of anilines is 1. The number of ether oxygens (including phenoxy) is 2. The number of carbonyl (C=O) groups excluding carboxylic acids is 1. The first-order valence-corrected chi connectivity index (χ1v) is 8.86. The number of hydrogen-bond donors (Lipinski definition) is 1. The lowest BCUT2D eigenvalue weighted by Gasteiger charge is -2.10. The van der Waals surface area contributed by atoms with E-state index in [1.807, 2.05) is 24.3 Å². The fourth-order valence-corrected chi connectivity index (χ4v) is 2.70. The second-order valence-electron chi connectivity index (χ2n) is 5.55. The summed E-state index contributed by atoms with van der Waals surface area (Å²) in [6.07, 6.45) is 1.71. The number of amides is 1. The summed E-state index contributed by atoms with van der Waals surface area (Å²) in [6, 6.07) is 17.5. The third-order valence-corrected chi connectivity index (χ3v) is 4.01. The average Bonchev–Trinajstić information content (AvgIpc) is 2.67. The molecule has 3 rings (SSSR count). The number of halogens is 2. The summed E-state index contributed by atoms with van der Waals surface area (Å²) in [7, 11) is 0. The lowest BCUT2D eigenvalue weighted by atomic mass is 10.3. The Morgan fingerprint density at radius 1 is 1.00 bits per heavy atom. The van der Waals surface area contributed by atoms with E-state index in [0.29, 0.717) is 33.8 Å². The first-order valence-electron chi connectivity index (χ1n) is 8.10. The molecular formula is C20H16Cl2N2O3. The molecule has 0 atom stereocenters. The van der Waals surface area contributed by atoms with Crippen LogP contribution in [0.2, 0.25) is 10.0 Å². The zero-order valence-corrected chi connectivity index (χ0v) is 15.7. The maximum atomic E-state index is 12.1. The number of pyridine rings is 1. The smallest absolute Gasteiger partial charge is 0.262 e. The van der Waals surface area contributed by atoms with Crippen molar-refractivity contribution in [2.75, 3.05) is 11.9 Å². The molecule has 1 heterocycles. The van der Waals surface area contributed by atoms with Gasteiger partial charge in [0, 0.05) is 23.0 Å². The molecule has 3 aromatic rings. The number of hydrogen-bond acceptors (Lipinski definition) is 4. The highest BCUT2D eigenvalue weighted by atomic mass is 35.5. The lowest BCUT2D eigenvalue weighted by Crippen LogP contribution is -2.20. The van der Waals surface area contributed by atoms with Crippen LogP contribution >= 0.6 is 23.2 Å². The van der Waals surface area contributed by atoms with Crippen LogP contribution in [0.3, 0.4) is 0 Å². The zero-order valence-electron chi connectivity index (χ0n) is 14.2. The van der Waals surface area contributed by atoms with Crippen molar-refractivity contribution in [1.82, 2.24) is 4.98 Å². The van der Waals surface area contributed by atoms with Gasteiger partial charge in [0.25, 0.3) is 5.91 Å². The molecule has 0 bridgehead atoms. The van der Waals surface area contributed by atoms with E-state index >= 15 is 0 Å². The van der Waals surface area contributed by atoms with E-state index in [1.54, 1.807) is 42.6 Å². The van der Waals surface area contributed by atoms with E-state index in [4.69, 9.17) is 32.7 Å². The van der Waals surface area contributed by atoms with Crippen LogP contribution in [0, 0.1) is 0 Å². The molecule has 1 aromatic heterocycles. The molecule has 27 heavy (non-hydrogen) atoms. The summed E-state index contributed by atoms with van der Waals surface area (Å²) in [5.41, 5.74) is 1.42. The largest absolute Gasteiger partial charge is 0.487 e. The third kappa shape index (κ3) is 5.88. The number of benzene rings is 2. The molecule has 0 unspecified atom stereocenters. The summed E-state index contributed by atoms with van der Waals surface area (Å²) in [5.74, 6) is 0.701. The van der Waals surface area contributed by atoms with Gasteiger partial charge in [-0.2, -0.15) is 0 Å². The topological polar surface area (TPSA) is 60.5 Å². The molecule has 0 saturated heterocycles. The summed E-state index contributed by atoms with van der Waals surface area (Å²) >= 11 is 11.8. The van der Waals surface area contributed by atoms with Gasteiger partial charge in [-0.25, -0.2) is 0 Å².